The van der Waals surface area contributed by atoms with E-state index < -0.39 is 0 Å². The summed E-state index contributed by atoms with van der Waals surface area (Å²) in [5, 5.41) is 2.99. The van der Waals surface area contributed by atoms with Crippen molar-refractivity contribution in [2.45, 2.75) is 12.5 Å². The van der Waals surface area contributed by atoms with Crippen LogP contribution in [0.3, 0.4) is 0 Å². The van der Waals surface area contributed by atoms with Crippen molar-refractivity contribution in [3.05, 3.63) is 35.6 Å². The van der Waals surface area contributed by atoms with Gasteiger partial charge in [0.15, 0.2) is 0 Å². The van der Waals surface area contributed by atoms with Crippen LogP contribution >= 0.6 is 11.6 Å². The van der Waals surface area contributed by atoms with Crippen molar-refractivity contribution >= 4 is 17.3 Å². The quantitative estimate of drug-likeness (QED) is 0.818. The maximum absolute atomic E-state index is 13.2. The smallest absolute Gasteiger partial charge is 0.206 e. The van der Waals surface area contributed by atoms with Crippen LogP contribution < -0.4 is 5.32 Å². The Morgan fingerprint density at radius 1 is 1.43 bits per heavy atom. The Morgan fingerprint density at radius 3 is 2.86 bits per heavy atom. The first-order chi connectivity index (χ1) is 6.77. The van der Waals surface area contributed by atoms with Crippen LogP contribution in [0.4, 0.5) is 10.1 Å². The van der Waals surface area contributed by atoms with Gasteiger partial charge in [-0.25, -0.2) is 4.39 Å². The molecule has 2 rings (SSSR count). The fourth-order valence-electron chi connectivity index (χ4n) is 1.38. The van der Waals surface area contributed by atoms with E-state index in [1.165, 1.54) is 6.07 Å². The molecule has 0 aromatic heterocycles. The molecule has 0 bridgehead atoms. The second kappa shape index (κ2) is 4.15. The lowest BCUT2D eigenvalue weighted by molar-refractivity contribution is 0.235. The summed E-state index contributed by atoms with van der Waals surface area (Å²) in [6, 6.07) is 6.42. The van der Waals surface area contributed by atoms with Crippen LogP contribution in [0.15, 0.2) is 24.3 Å². The van der Waals surface area contributed by atoms with E-state index >= 15 is 0 Å². The van der Waals surface area contributed by atoms with Gasteiger partial charge in [0.25, 0.3) is 0 Å². The topological polar surface area (TPSA) is 21.3 Å². The maximum Gasteiger partial charge on any atom is 0.206 e. The Morgan fingerprint density at radius 2 is 2.21 bits per heavy atom. The Hall–Kier alpha value is -0.800. The van der Waals surface area contributed by atoms with Gasteiger partial charge in [-0.05, 0) is 18.6 Å². The number of para-hydroxylation sites is 1. The number of ether oxygens (including phenoxy) is 1. The number of rotatable bonds is 2. The van der Waals surface area contributed by atoms with Gasteiger partial charge < -0.3 is 10.1 Å². The van der Waals surface area contributed by atoms with Gasteiger partial charge in [0.2, 0.25) is 5.56 Å². The van der Waals surface area contributed by atoms with Crippen LogP contribution in [0, 0.1) is 11.4 Å². The predicted octanol–water partition coefficient (Wildman–Crippen LogP) is 2.75. The van der Waals surface area contributed by atoms with Crippen LogP contribution in [-0.4, -0.2) is 12.6 Å². The summed E-state index contributed by atoms with van der Waals surface area (Å²) >= 11 is 5.79. The number of hydrogen-bond donors (Lipinski definition) is 1. The highest BCUT2D eigenvalue weighted by Crippen LogP contribution is 2.28. The van der Waals surface area contributed by atoms with Crippen molar-refractivity contribution in [3.8, 4) is 0 Å². The van der Waals surface area contributed by atoms with Gasteiger partial charge in [0, 0.05) is 0 Å². The number of hydrogen-bond acceptors (Lipinski definition) is 2. The van der Waals surface area contributed by atoms with Crippen molar-refractivity contribution in [1.82, 2.24) is 0 Å². The normalized spacial score (nSPS) is 22.6. The predicted molar refractivity (Wildman–Crippen MR) is 53.5 cm³/mol. The van der Waals surface area contributed by atoms with Gasteiger partial charge in [-0.2, -0.15) is 0 Å². The Balaban J connectivity index is 2.07. The summed E-state index contributed by atoms with van der Waals surface area (Å²) in [7, 11) is 0. The standard InChI is InChI=1S/C10H10ClFNO/c11-10-9(5-6-14-10)13-8-4-2-1-3-7(8)12/h1-4,9,13H,5-6H2. The third-order valence-corrected chi connectivity index (χ3v) is 2.50. The zero-order valence-electron chi connectivity index (χ0n) is 7.47. The fraction of sp³-hybridized carbons (Fsp3) is 0.300. The Labute approximate surface area is 87.0 Å². The summed E-state index contributed by atoms with van der Waals surface area (Å²) in [4.78, 5) is 0. The molecule has 1 atom stereocenters. The lowest BCUT2D eigenvalue weighted by Crippen LogP contribution is -2.20. The number of anilines is 1. The van der Waals surface area contributed by atoms with E-state index in [-0.39, 0.29) is 11.9 Å². The highest BCUT2D eigenvalue weighted by atomic mass is 35.5. The third-order valence-electron chi connectivity index (χ3n) is 2.12. The van der Waals surface area contributed by atoms with Crippen LogP contribution in [0.5, 0.6) is 0 Å². The molecule has 1 fully saturated rings. The van der Waals surface area contributed by atoms with E-state index in [2.05, 4.69) is 5.32 Å². The molecule has 0 saturated carbocycles. The molecule has 14 heavy (non-hydrogen) atoms. The van der Waals surface area contributed by atoms with E-state index in [4.69, 9.17) is 16.3 Å². The van der Waals surface area contributed by atoms with E-state index in [9.17, 15) is 4.39 Å². The highest BCUT2D eigenvalue weighted by molar-refractivity contribution is 6.26. The summed E-state index contributed by atoms with van der Waals surface area (Å²) in [5.74, 6) is -0.274. The SMILES string of the molecule is Fc1ccccc1NC1CCO[C]1Cl. The molecule has 1 N–H and O–H groups in total. The van der Waals surface area contributed by atoms with Gasteiger partial charge in [-0.15, -0.1) is 0 Å². The molecule has 1 aromatic rings. The van der Waals surface area contributed by atoms with Crippen molar-refractivity contribution in [3.63, 3.8) is 0 Å². The minimum absolute atomic E-state index is 0.0893. The number of nitrogens with one attached hydrogen (secondary N) is 1. The first kappa shape index (κ1) is 9.74. The molecule has 0 spiro atoms. The Bertz CT molecular complexity index is 321. The Kier molecular flexibility index (Phi) is 2.89. The molecule has 0 aliphatic carbocycles. The van der Waals surface area contributed by atoms with Gasteiger partial charge in [0.05, 0.1) is 18.3 Å². The maximum atomic E-state index is 13.2. The number of halogens is 2. The average Bonchev–Trinajstić information content (AvgIpc) is 2.56. The molecule has 1 aliphatic rings. The molecule has 1 aliphatic heterocycles. The molecular weight excluding hydrogens is 205 g/mol. The summed E-state index contributed by atoms with van der Waals surface area (Å²) in [6.45, 7) is 0.588. The monoisotopic (exact) mass is 214 g/mol. The first-order valence-corrected chi connectivity index (χ1v) is 4.81. The van der Waals surface area contributed by atoms with Gasteiger partial charge >= 0.3 is 0 Å². The summed E-state index contributed by atoms with van der Waals surface area (Å²) in [5.41, 5.74) is 0.870. The minimum atomic E-state index is -0.274. The molecule has 1 saturated heterocycles. The first-order valence-electron chi connectivity index (χ1n) is 4.43. The van der Waals surface area contributed by atoms with Crippen molar-refractivity contribution in [2.24, 2.45) is 0 Å². The van der Waals surface area contributed by atoms with Crippen LogP contribution in [0.1, 0.15) is 6.42 Å². The molecule has 1 unspecified atom stereocenters. The van der Waals surface area contributed by atoms with Crippen LogP contribution in [-0.2, 0) is 4.74 Å². The average molecular weight is 215 g/mol. The fourth-order valence-corrected chi connectivity index (χ4v) is 1.62. The van der Waals surface area contributed by atoms with E-state index in [0.29, 0.717) is 17.9 Å². The molecule has 4 heteroatoms. The van der Waals surface area contributed by atoms with Gasteiger partial charge in [0.1, 0.15) is 5.82 Å². The minimum Gasteiger partial charge on any atom is -0.375 e. The lowest BCUT2D eigenvalue weighted by atomic mass is 10.2. The van der Waals surface area contributed by atoms with Crippen LogP contribution in [0.2, 0.25) is 0 Å². The zero-order valence-corrected chi connectivity index (χ0v) is 8.22. The molecule has 1 aromatic carbocycles. The molecule has 75 valence electrons. The van der Waals surface area contributed by atoms with Crippen molar-refractivity contribution < 1.29 is 9.13 Å². The highest BCUT2D eigenvalue weighted by Gasteiger charge is 2.27. The van der Waals surface area contributed by atoms with Gasteiger partial charge in [-0.3, -0.25) is 0 Å². The number of benzene rings is 1. The second-order valence-electron chi connectivity index (χ2n) is 3.12. The molecule has 2 nitrogen and oxygen atoms in total. The van der Waals surface area contributed by atoms with Crippen molar-refractivity contribution in [2.75, 3.05) is 11.9 Å². The van der Waals surface area contributed by atoms with Crippen molar-refractivity contribution in [1.29, 1.82) is 0 Å². The lowest BCUT2D eigenvalue weighted by Gasteiger charge is -2.15. The van der Waals surface area contributed by atoms with Crippen LogP contribution in [0.25, 0.3) is 0 Å². The van der Waals surface area contributed by atoms with E-state index in [0.717, 1.165) is 6.42 Å². The third kappa shape index (κ3) is 1.99. The molecular formula is C10H10ClFNO. The molecule has 1 heterocycles. The van der Waals surface area contributed by atoms with E-state index in [1.807, 2.05) is 0 Å². The van der Waals surface area contributed by atoms with Gasteiger partial charge in [-0.1, -0.05) is 23.7 Å². The summed E-state index contributed by atoms with van der Waals surface area (Å²) < 4.78 is 18.3. The zero-order chi connectivity index (χ0) is 9.97. The molecule has 1 radical (unpaired) electrons. The largest absolute Gasteiger partial charge is 0.375 e. The molecule has 0 amide bonds. The van der Waals surface area contributed by atoms with E-state index in [1.54, 1.807) is 18.2 Å². The summed E-state index contributed by atoms with van der Waals surface area (Å²) in [6.07, 6.45) is 0.771. The second-order valence-corrected chi connectivity index (χ2v) is 3.49.